The monoisotopic (exact) mass is 264 g/mol. The first kappa shape index (κ1) is 14.3. The molecule has 2 fully saturated rings. The highest BCUT2D eigenvalue weighted by atomic mass is 16.5. The molecule has 0 aromatic carbocycles. The third-order valence-corrected chi connectivity index (χ3v) is 4.57. The van der Waals surface area contributed by atoms with E-state index in [1.54, 1.807) is 0 Å². The van der Waals surface area contributed by atoms with E-state index in [0.717, 1.165) is 51.0 Å². The van der Waals surface area contributed by atoms with Gasteiger partial charge in [-0.15, -0.1) is 0 Å². The molecule has 4 nitrogen and oxygen atoms in total. The molecule has 19 heavy (non-hydrogen) atoms. The second kappa shape index (κ2) is 6.38. The van der Waals surface area contributed by atoms with Gasteiger partial charge < -0.3 is 10.1 Å². The summed E-state index contributed by atoms with van der Waals surface area (Å²) in [7, 11) is 0. The van der Waals surface area contributed by atoms with Gasteiger partial charge in [-0.05, 0) is 44.4 Å². The van der Waals surface area contributed by atoms with Crippen LogP contribution in [-0.4, -0.2) is 24.2 Å². The van der Waals surface area contributed by atoms with Crippen LogP contribution in [0.2, 0.25) is 0 Å². The molecule has 1 amide bonds. The third kappa shape index (κ3) is 3.70. The van der Waals surface area contributed by atoms with E-state index >= 15 is 0 Å². The lowest BCUT2D eigenvalue weighted by atomic mass is 9.76. The summed E-state index contributed by atoms with van der Waals surface area (Å²) in [5.74, 6) is 0.694. The summed E-state index contributed by atoms with van der Waals surface area (Å²) in [5, 5.41) is 12.4. The fraction of sp³-hybridized carbons (Fsp3) is 0.867. The Labute approximate surface area is 115 Å². The molecule has 4 heteroatoms. The van der Waals surface area contributed by atoms with Gasteiger partial charge in [-0.25, -0.2) is 0 Å². The summed E-state index contributed by atoms with van der Waals surface area (Å²) in [6, 6.07) is 2.35. The third-order valence-electron chi connectivity index (χ3n) is 4.57. The first-order valence-electron chi connectivity index (χ1n) is 7.51. The number of hydrogen-bond donors (Lipinski definition) is 1. The van der Waals surface area contributed by atoms with Crippen molar-refractivity contribution in [3.8, 4) is 6.07 Å². The van der Waals surface area contributed by atoms with Gasteiger partial charge in [0.2, 0.25) is 5.91 Å². The zero-order valence-electron chi connectivity index (χ0n) is 11.8. The Balaban J connectivity index is 1.84. The predicted molar refractivity (Wildman–Crippen MR) is 72.3 cm³/mol. The van der Waals surface area contributed by atoms with E-state index in [2.05, 4.69) is 18.3 Å². The number of nitrogens with zero attached hydrogens (tertiary/aromatic N) is 1. The molecule has 0 spiro atoms. The first-order chi connectivity index (χ1) is 9.17. The van der Waals surface area contributed by atoms with Crippen molar-refractivity contribution < 1.29 is 9.53 Å². The smallest absolute Gasteiger partial charge is 0.223 e. The van der Waals surface area contributed by atoms with Crippen LogP contribution < -0.4 is 5.32 Å². The van der Waals surface area contributed by atoms with Crippen molar-refractivity contribution in [2.24, 2.45) is 5.92 Å². The Morgan fingerprint density at radius 3 is 2.68 bits per heavy atom. The maximum absolute atomic E-state index is 12.0. The molecule has 2 aliphatic rings. The maximum atomic E-state index is 12.0. The van der Waals surface area contributed by atoms with Crippen molar-refractivity contribution in [1.82, 2.24) is 5.32 Å². The first-order valence-corrected chi connectivity index (χ1v) is 7.51. The highest BCUT2D eigenvalue weighted by Gasteiger charge is 2.36. The van der Waals surface area contributed by atoms with Gasteiger partial charge in [-0.1, -0.05) is 13.3 Å². The summed E-state index contributed by atoms with van der Waals surface area (Å²) < 4.78 is 5.47. The number of nitriles is 1. The highest BCUT2D eigenvalue weighted by molar-refractivity contribution is 5.77. The molecule has 1 aliphatic heterocycles. The SMILES string of the molecule is CCC1CCC(C#N)(NC(=O)CC2CCCO2)CC1. The van der Waals surface area contributed by atoms with E-state index in [0.29, 0.717) is 6.42 Å². The van der Waals surface area contributed by atoms with Gasteiger partial charge >= 0.3 is 0 Å². The van der Waals surface area contributed by atoms with E-state index in [9.17, 15) is 10.1 Å². The van der Waals surface area contributed by atoms with Crippen LogP contribution in [-0.2, 0) is 9.53 Å². The molecule has 1 heterocycles. The Hall–Kier alpha value is -1.08. The number of hydrogen-bond acceptors (Lipinski definition) is 3. The number of carbonyl (C=O) groups is 1. The second-order valence-corrected chi connectivity index (χ2v) is 5.93. The zero-order chi connectivity index (χ0) is 13.7. The largest absolute Gasteiger partial charge is 0.378 e. The van der Waals surface area contributed by atoms with E-state index in [1.807, 2.05) is 0 Å². The molecule has 2 rings (SSSR count). The van der Waals surface area contributed by atoms with Gasteiger partial charge in [0, 0.05) is 6.61 Å². The summed E-state index contributed by atoms with van der Waals surface area (Å²) in [6.45, 7) is 2.96. The van der Waals surface area contributed by atoms with Gasteiger partial charge in [0.15, 0.2) is 0 Å². The van der Waals surface area contributed by atoms with Crippen molar-refractivity contribution in [1.29, 1.82) is 5.26 Å². The zero-order valence-corrected chi connectivity index (χ0v) is 11.8. The normalized spacial score (nSPS) is 34.7. The predicted octanol–water partition coefficient (Wildman–Crippen LogP) is 2.53. The quantitative estimate of drug-likeness (QED) is 0.848. The van der Waals surface area contributed by atoms with Crippen LogP contribution in [0, 0.1) is 17.2 Å². The molecule has 0 radical (unpaired) electrons. The Kier molecular flexibility index (Phi) is 4.81. The van der Waals surface area contributed by atoms with Crippen LogP contribution in [0.3, 0.4) is 0 Å². The van der Waals surface area contributed by atoms with Gasteiger partial charge in [-0.3, -0.25) is 4.79 Å². The van der Waals surface area contributed by atoms with Crippen molar-refractivity contribution in [2.45, 2.75) is 69.9 Å². The summed E-state index contributed by atoms with van der Waals surface area (Å²) in [5.41, 5.74) is -0.624. The molecule has 0 aromatic heterocycles. The van der Waals surface area contributed by atoms with Crippen LogP contribution in [0.25, 0.3) is 0 Å². The van der Waals surface area contributed by atoms with E-state index < -0.39 is 5.54 Å². The van der Waals surface area contributed by atoms with Crippen LogP contribution in [0.15, 0.2) is 0 Å². The minimum atomic E-state index is -0.624. The molecule has 1 saturated heterocycles. The summed E-state index contributed by atoms with van der Waals surface area (Å²) >= 11 is 0. The Morgan fingerprint density at radius 2 is 2.16 bits per heavy atom. The maximum Gasteiger partial charge on any atom is 0.223 e. The highest BCUT2D eigenvalue weighted by Crippen LogP contribution is 2.33. The molecule has 1 atom stereocenters. The molecular weight excluding hydrogens is 240 g/mol. The molecular formula is C15H24N2O2. The molecule has 1 aliphatic carbocycles. The second-order valence-electron chi connectivity index (χ2n) is 5.93. The van der Waals surface area contributed by atoms with Crippen LogP contribution in [0.1, 0.15) is 58.3 Å². The van der Waals surface area contributed by atoms with Crippen LogP contribution in [0.4, 0.5) is 0 Å². The molecule has 1 N–H and O–H groups in total. The minimum absolute atomic E-state index is 0.0246. The van der Waals surface area contributed by atoms with Crippen molar-refractivity contribution >= 4 is 5.91 Å². The molecule has 106 valence electrons. The average Bonchev–Trinajstić information content (AvgIpc) is 2.92. The number of carbonyl (C=O) groups excluding carboxylic acids is 1. The summed E-state index contributed by atoms with van der Waals surface area (Å²) in [4.78, 5) is 12.0. The molecule has 0 bridgehead atoms. The van der Waals surface area contributed by atoms with Crippen molar-refractivity contribution in [2.75, 3.05) is 6.61 Å². The van der Waals surface area contributed by atoms with Crippen LogP contribution >= 0.6 is 0 Å². The molecule has 1 unspecified atom stereocenters. The van der Waals surface area contributed by atoms with Gasteiger partial charge in [-0.2, -0.15) is 5.26 Å². The van der Waals surface area contributed by atoms with E-state index in [-0.39, 0.29) is 12.0 Å². The lowest BCUT2D eigenvalue weighted by molar-refractivity contribution is -0.125. The Bertz CT molecular complexity index is 348. The number of nitrogens with one attached hydrogen (secondary N) is 1. The summed E-state index contributed by atoms with van der Waals surface area (Å²) in [6.07, 6.45) is 7.31. The fourth-order valence-electron chi connectivity index (χ4n) is 3.17. The van der Waals surface area contributed by atoms with Crippen LogP contribution in [0.5, 0.6) is 0 Å². The minimum Gasteiger partial charge on any atom is -0.378 e. The van der Waals surface area contributed by atoms with Crippen molar-refractivity contribution in [3.63, 3.8) is 0 Å². The lowest BCUT2D eigenvalue weighted by Gasteiger charge is -2.35. The number of amides is 1. The topological polar surface area (TPSA) is 62.1 Å². The van der Waals surface area contributed by atoms with Gasteiger partial charge in [0.05, 0.1) is 18.6 Å². The van der Waals surface area contributed by atoms with Gasteiger partial charge in [0.25, 0.3) is 0 Å². The molecule has 1 saturated carbocycles. The van der Waals surface area contributed by atoms with Gasteiger partial charge in [0.1, 0.15) is 5.54 Å². The Morgan fingerprint density at radius 1 is 1.42 bits per heavy atom. The number of ether oxygens (including phenoxy) is 1. The van der Waals surface area contributed by atoms with E-state index in [4.69, 9.17) is 4.74 Å². The lowest BCUT2D eigenvalue weighted by Crippen LogP contribution is -2.50. The molecule has 0 aromatic rings. The standard InChI is InChI=1S/C15H24N2O2/c1-2-12-5-7-15(11-16,8-6-12)17-14(18)10-13-4-3-9-19-13/h12-13H,2-10H2,1H3,(H,17,18). The fourth-order valence-corrected chi connectivity index (χ4v) is 3.17. The average molecular weight is 264 g/mol. The number of rotatable bonds is 4. The van der Waals surface area contributed by atoms with E-state index in [1.165, 1.54) is 6.42 Å². The van der Waals surface area contributed by atoms with Crippen molar-refractivity contribution in [3.05, 3.63) is 0 Å².